The smallest absolute Gasteiger partial charge is 0.185 e. The number of fused-ring (bicyclic) bond motifs is 1. The van der Waals surface area contributed by atoms with E-state index in [1.807, 2.05) is 60.8 Å². The van der Waals surface area contributed by atoms with E-state index in [1.54, 1.807) is 6.08 Å². The zero-order valence-electron chi connectivity index (χ0n) is 16.7. The van der Waals surface area contributed by atoms with Gasteiger partial charge in [-0.1, -0.05) is 34.1 Å². The van der Waals surface area contributed by atoms with Gasteiger partial charge in [0.05, 0.1) is 19.3 Å². The van der Waals surface area contributed by atoms with E-state index in [-0.39, 0.29) is 5.78 Å². The van der Waals surface area contributed by atoms with E-state index < -0.39 is 6.10 Å². The molecule has 0 saturated carbocycles. The Morgan fingerprint density at radius 3 is 2.60 bits per heavy atom. The van der Waals surface area contributed by atoms with Gasteiger partial charge in [-0.05, 0) is 42.5 Å². The number of hydrogen-bond donors (Lipinski definition) is 1. The van der Waals surface area contributed by atoms with Crippen molar-refractivity contribution < 1.29 is 14.6 Å². The van der Waals surface area contributed by atoms with Crippen molar-refractivity contribution in [3.8, 4) is 0 Å². The summed E-state index contributed by atoms with van der Waals surface area (Å²) in [7, 11) is 0. The van der Waals surface area contributed by atoms with E-state index in [0.29, 0.717) is 18.7 Å². The van der Waals surface area contributed by atoms with Gasteiger partial charge in [0, 0.05) is 58.9 Å². The van der Waals surface area contributed by atoms with E-state index in [0.717, 1.165) is 47.2 Å². The van der Waals surface area contributed by atoms with Crippen molar-refractivity contribution in [2.75, 3.05) is 32.8 Å². The van der Waals surface area contributed by atoms with Crippen LogP contribution < -0.4 is 0 Å². The minimum absolute atomic E-state index is 0.0355. The second-order valence-electron chi connectivity index (χ2n) is 7.53. The second kappa shape index (κ2) is 9.71. The Hall–Kier alpha value is -2.25. The molecule has 1 aliphatic heterocycles. The number of nitrogens with zero attached hydrogens (tertiary/aromatic N) is 2. The molecule has 1 atom stereocenters. The van der Waals surface area contributed by atoms with Gasteiger partial charge in [0.2, 0.25) is 0 Å². The summed E-state index contributed by atoms with van der Waals surface area (Å²) < 4.78 is 8.40. The number of β-amino-alcohol motifs (C(OH)–C–C–N with tert-alkyl or cyclic N) is 1. The van der Waals surface area contributed by atoms with Gasteiger partial charge in [0.15, 0.2) is 5.78 Å². The first-order valence-electron chi connectivity index (χ1n) is 10.1. The number of ether oxygens (including phenoxy) is 1. The number of aliphatic hydroxyl groups is 1. The lowest BCUT2D eigenvalue weighted by Crippen LogP contribution is -2.41. The van der Waals surface area contributed by atoms with Crippen LogP contribution in [0.15, 0.2) is 65.3 Å². The number of hydrogen-bond acceptors (Lipinski definition) is 4. The van der Waals surface area contributed by atoms with Crippen molar-refractivity contribution in [3.05, 3.63) is 76.4 Å². The van der Waals surface area contributed by atoms with Crippen LogP contribution in [0.25, 0.3) is 17.0 Å². The van der Waals surface area contributed by atoms with Gasteiger partial charge in [-0.15, -0.1) is 0 Å². The predicted octanol–water partition coefficient (Wildman–Crippen LogP) is 3.99. The van der Waals surface area contributed by atoms with Crippen LogP contribution in [-0.2, 0) is 11.3 Å². The number of carbonyl (C=O) groups is 1. The molecule has 0 bridgehead atoms. The van der Waals surface area contributed by atoms with Crippen LogP contribution in [0.2, 0.25) is 0 Å². The molecule has 0 unspecified atom stereocenters. The molecule has 0 spiro atoms. The van der Waals surface area contributed by atoms with Crippen molar-refractivity contribution in [1.82, 2.24) is 9.47 Å². The fraction of sp³-hybridized carbons (Fsp3) is 0.292. The van der Waals surface area contributed by atoms with E-state index in [2.05, 4.69) is 25.4 Å². The molecule has 1 N–H and O–H groups in total. The molecule has 3 aromatic rings. The van der Waals surface area contributed by atoms with E-state index in [9.17, 15) is 9.90 Å². The van der Waals surface area contributed by atoms with Crippen LogP contribution in [0.4, 0.5) is 0 Å². The summed E-state index contributed by atoms with van der Waals surface area (Å²) in [5, 5.41) is 11.7. The summed E-state index contributed by atoms with van der Waals surface area (Å²) in [5.41, 5.74) is 2.67. The lowest BCUT2D eigenvalue weighted by atomic mass is 10.1. The second-order valence-corrected chi connectivity index (χ2v) is 8.44. The summed E-state index contributed by atoms with van der Waals surface area (Å²) >= 11 is 3.39. The molecule has 2 heterocycles. The third kappa shape index (κ3) is 5.08. The van der Waals surface area contributed by atoms with Gasteiger partial charge >= 0.3 is 0 Å². The number of allylic oxidation sites excluding steroid dienone is 1. The number of halogens is 1. The number of rotatable bonds is 7. The Morgan fingerprint density at radius 2 is 1.83 bits per heavy atom. The highest BCUT2D eigenvalue weighted by atomic mass is 79.9. The third-order valence-electron chi connectivity index (χ3n) is 5.34. The molecule has 1 fully saturated rings. The monoisotopic (exact) mass is 468 g/mol. The molecule has 0 radical (unpaired) electrons. The summed E-state index contributed by atoms with van der Waals surface area (Å²) in [5.74, 6) is -0.0355. The van der Waals surface area contributed by atoms with Crippen LogP contribution in [0.1, 0.15) is 15.9 Å². The number of para-hydroxylation sites is 1. The zero-order valence-corrected chi connectivity index (χ0v) is 18.3. The number of ketones is 1. The zero-order chi connectivity index (χ0) is 20.9. The van der Waals surface area contributed by atoms with Gasteiger partial charge in [0.1, 0.15) is 0 Å². The van der Waals surface area contributed by atoms with Gasteiger partial charge in [-0.25, -0.2) is 0 Å². The molecular formula is C24H25BrN2O3. The van der Waals surface area contributed by atoms with E-state index in [4.69, 9.17) is 4.74 Å². The van der Waals surface area contributed by atoms with E-state index in [1.165, 1.54) is 0 Å². The topological polar surface area (TPSA) is 54.7 Å². The fourth-order valence-electron chi connectivity index (χ4n) is 3.80. The maximum absolute atomic E-state index is 12.5. The molecule has 1 saturated heterocycles. The maximum Gasteiger partial charge on any atom is 0.185 e. The fourth-order valence-corrected chi connectivity index (χ4v) is 4.07. The Balaban J connectivity index is 1.51. The molecule has 4 rings (SSSR count). The molecule has 156 valence electrons. The molecule has 6 heteroatoms. The van der Waals surface area contributed by atoms with Crippen LogP contribution in [-0.4, -0.2) is 59.3 Å². The number of benzene rings is 2. The lowest BCUT2D eigenvalue weighted by Gasteiger charge is -2.28. The number of aromatic nitrogens is 1. The molecule has 0 amide bonds. The van der Waals surface area contributed by atoms with Crippen molar-refractivity contribution in [2.24, 2.45) is 0 Å². The first kappa shape index (κ1) is 21.0. The lowest BCUT2D eigenvalue weighted by molar-refractivity contribution is 0.0117. The highest BCUT2D eigenvalue weighted by molar-refractivity contribution is 9.10. The quantitative estimate of drug-likeness (QED) is 0.420. The normalized spacial score (nSPS) is 16.3. The number of morpholine rings is 1. The summed E-state index contributed by atoms with van der Waals surface area (Å²) in [6.45, 7) is 4.29. The first-order chi connectivity index (χ1) is 14.6. The molecular weight excluding hydrogens is 444 g/mol. The van der Waals surface area contributed by atoms with Crippen molar-refractivity contribution in [1.29, 1.82) is 0 Å². The van der Waals surface area contributed by atoms with Crippen molar-refractivity contribution in [3.63, 3.8) is 0 Å². The van der Waals surface area contributed by atoms with Crippen LogP contribution in [0.3, 0.4) is 0 Å². The van der Waals surface area contributed by atoms with Gasteiger partial charge in [0.25, 0.3) is 0 Å². The standard InChI is InChI=1S/C24H25BrN2O3/c25-20-8-5-18(6-9-20)24(29)10-7-19-15-27(23-4-2-1-3-22(19)23)17-21(28)16-26-11-13-30-14-12-26/h1-10,15,21,28H,11-14,16-17H2/b10-7+/t21-/m0/s1. The van der Waals surface area contributed by atoms with Gasteiger partial charge in [-0.3, -0.25) is 9.69 Å². The SMILES string of the molecule is O=C(/C=C/c1cn(C[C@@H](O)CN2CCOCC2)c2ccccc12)c1ccc(Br)cc1. The molecule has 2 aromatic carbocycles. The summed E-state index contributed by atoms with van der Waals surface area (Å²) in [6, 6.07) is 15.4. The molecule has 1 aromatic heterocycles. The van der Waals surface area contributed by atoms with E-state index >= 15 is 0 Å². The van der Waals surface area contributed by atoms with Gasteiger partial charge < -0.3 is 14.4 Å². The summed E-state index contributed by atoms with van der Waals surface area (Å²) in [4.78, 5) is 14.7. The Bertz CT molecular complexity index is 1040. The molecule has 30 heavy (non-hydrogen) atoms. The Morgan fingerprint density at radius 1 is 1.10 bits per heavy atom. The maximum atomic E-state index is 12.5. The minimum atomic E-state index is -0.472. The Kier molecular flexibility index (Phi) is 6.79. The average molecular weight is 469 g/mol. The first-order valence-corrected chi connectivity index (χ1v) is 10.9. The molecule has 0 aliphatic carbocycles. The summed E-state index contributed by atoms with van der Waals surface area (Å²) in [6.07, 6.45) is 5.01. The largest absolute Gasteiger partial charge is 0.390 e. The number of carbonyl (C=O) groups excluding carboxylic acids is 1. The van der Waals surface area contributed by atoms with Crippen molar-refractivity contribution >= 4 is 38.7 Å². The number of aliphatic hydroxyl groups excluding tert-OH is 1. The van der Waals surface area contributed by atoms with Gasteiger partial charge in [-0.2, -0.15) is 0 Å². The van der Waals surface area contributed by atoms with Crippen LogP contribution in [0.5, 0.6) is 0 Å². The molecule has 1 aliphatic rings. The average Bonchev–Trinajstić information content (AvgIpc) is 3.10. The minimum Gasteiger partial charge on any atom is -0.390 e. The highest BCUT2D eigenvalue weighted by Gasteiger charge is 2.16. The molecule has 5 nitrogen and oxygen atoms in total. The third-order valence-corrected chi connectivity index (χ3v) is 5.87. The predicted molar refractivity (Wildman–Crippen MR) is 123 cm³/mol. The van der Waals surface area contributed by atoms with Crippen LogP contribution >= 0.6 is 15.9 Å². The Labute approximate surface area is 184 Å². The highest BCUT2D eigenvalue weighted by Crippen LogP contribution is 2.23. The van der Waals surface area contributed by atoms with Crippen LogP contribution in [0, 0.1) is 0 Å². The van der Waals surface area contributed by atoms with Crippen molar-refractivity contribution in [2.45, 2.75) is 12.6 Å².